The Kier molecular flexibility index (Phi) is 9.14. The van der Waals surface area contributed by atoms with Crippen molar-refractivity contribution >= 4 is 40.8 Å². The van der Waals surface area contributed by atoms with Crippen molar-refractivity contribution in [1.82, 2.24) is 10.2 Å². The molecule has 31 heavy (non-hydrogen) atoms. The molecule has 0 spiro atoms. The molecule has 0 atom stereocenters. The number of methoxy groups -OCH3 is 1. The summed E-state index contributed by atoms with van der Waals surface area (Å²) in [5.41, 5.74) is 1.96. The van der Waals surface area contributed by atoms with Gasteiger partial charge < -0.3 is 15.0 Å². The molecule has 0 bridgehead atoms. The molecule has 2 aromatic rings. The van der Waals surface area contributed by atoms with Crippen LogP contribution >= 0.6 is 12.2 Å². The number of nitrogens with zero attached hydrogens (tertiary/aromatic N) is 1. The topological polar surface area (TPSA) is 87.7 Å². The molecule has 2 N–H and O–H groups in total. The van der Waals surface area contributed by atoms with Gasteiger partial charge in [0.1, 0.15) is 0 Å². The monoisotopic (exact) mass is 441 g/mol. The Morgan fingerprint density at radius 3 is 1.90 bits per heavy atom. The number of hydrogen-bond donors (Lipinski definition) is 2. The Morgan fingerprint density at radius 2 is 1.39 bits per heavy atom. The van der Waals surface area contributed by atoms with Crippen molar-refractivity contribution in [1.29, 1.82) is 0 Å². The predicted octanol–water partition coefficient (Wildman–Crippen LogP) is 3.86. The van der Waals surface area contributed by atoms with Crippen LogP contribution in [0.2, 0.25) is 0 Å². The quantitative estimate of drug-likeness (QED) is 0.478. The summed E-state index contributed by atoms with van der Waals surface area (Å²) in [5.74, 6) is -0.879. The summed E-state index contributed by atoms with van der Waals surface area (Å²) in [6.07, 6.45) is 1.82. The Morgan fingerprint density at radius 1 is 0.871 bits per heavy atom. The van der Waals surface area contributed by atoms with Crippen LogP contribution in [-0.2, 0) is 4.74 Å². The summed E-state index contributed by atoms with van der Waals surface area (Å²) >= 11 is 5.20. The molecule has 0 fully saturated rings. The van der Waals surface area contributed by atoms with E-state index in [1.807, 2.05) is 18.7 Å². The third kappa shape index (κ3) is 6.89. The Labute approximate surface area is 187 Å². The second-order valence-corrected chi connectivity index (χ2v) is 7.25. The SMILES string of the molecule is CCCN(CCC)C(=O)c1ccc(NC(=S)NC(=O)c2ccc(C(=O)OC)cc2)cc1. The van der Waals surface area contributed by atoms with Crippen LogP contribution in [0.5, 0.6) is 0 Å². The molecule has 0 saturated carbocycles. The molecular formula is C23H27N3O4S. The van der Waals surface area contributed by atoms with Crippen molar-refractivity contribution in [3.63, 3.8) is 0 Å². The highest BCUT2D eigenvalue weighted by Gasteiger charge is 2.14. The maximum absolute atomic E-state index is 12.6. The van der Waals surface area contributed by atoms with Gasteiger partial charge in [-0.1, -0.05) is 13.8 Å². The lowest BCUT2D eigenvalue weighted by Crippen LogP contribution is -2.34. The first-order valence-electron chi connectivity index (χ1n) is 10.1. The minimum absolute atomic E-state index is 0.00142. The van der Waals surface area contributed by atoms with Crippen molar-refractivity contribution < 1.29 is 19.1 Å². The van der Waals surface area contributed by atoms with E-state index in [2.05, 4.69) is 15.4 Å². The van der Waals surface area contributed by atoms with Gasteiger partial charge in [0.25, 0.3) is 11.8 Å². The third-order valence-electron chi connectivity index (χ3n) is 4.46. The van der Waals surface area contributed by atoms with E-state index >= 15 is 0 Å². The van der Waals surface area contributed by atoms with Crippen molar-refractivity contribution in [3.05, 3.63) is 65.2 Å². The summed E-state index contributed by atoms with van der Waals surface area (Å²) < 4.78 is 4.63. The number of hydrogen-bond acceptors (Lipinski definition) is 5. The van der Waals surface area contributed by atoms with E-state index in [0.717, 1.165) is 25.9 Å². The largest absolute Gasteiger partial charge is 0.465 e. The first-order chi connectivity index (χ1) is 14.9. The van der Waals surface area contributed by atoms with E-state index in [9.17, 15) is 14.4 Å². The minimum Gasteiger partial charge on any atom is -0.465 e. The van der Waals surface area contributed by atoms with Gasteiger partial charge in [0, 0.05) is 29.9 Å². The maximum atomic E-state index is 12.6. The van der Waals surface area contributed by atoms with Crippen LogP contribution in [0.4, 0.5) is 5.69 Å². The molecule has 2 aromatic carbocycles. The van der Waals surface area contributed by atoms with Crippen LogP contribution < -0.4 is 10.6 Å². The number of anilines is 1. The number of amides is 2. The number of ether oxygens (including phenoxy) is 1. The standard InChI is InChI=1S/C23H27N3O4S/c1-4-14-26(15-5-2)21(28)17-10-12-19(13-11-17)24-23(31)25-20(27)16-6-8-18(9-7-16)22(29)30-3/h6-13H,4-5,14-15H2,1-3H3,(H2,24,25,27,31). The van der Waals surface area contributed by atoms with Gasteiger partial charge >= 0.3 is 5.97 Å². The lowest BCUT2D eigenvalue weighted by Gasteiger charge is -2.21. The van der Waals surface area contributed by atoms with E-state index in [0.29, 0.717) is 22.4 Å². The summed E-state index contributed by atoms with van der Waals surface area (Å²) in [6, 6.07) is 13.0. The molecule has 0 aromatic heterocycles. The Balaban J connectivity index is 1.95. The van der Waals surface area contributed by atoms with Gasteiger partial charge in [-0.05, 0) is 73.6 Å². The number of carbonyl (C=O) groups excluding carboxylic acids is 3. The van der Waals surface area contributed by atoms with Crippen molar-refractivity contribution in [2.75, 3.05) is 25.5 Å². The zero-order chi connectivity index (χ0) is 22.8. The van der Waals surface area contributed by atoms with Gasteiger partial charge in [0.15, 0.2) is 5.11 Å². The highest BCUT2D eigenvalue weighted by molar-refractivity contribution is 7.80. The van der Waals surface area contributed by atoms with E-state index in [-0.39, 0.29) is 11.0 Å². The molecular weight excluding hydrogens is 414 g/mol. The van der Waals surface area contributed by atoms with E-state index in [1.54, 1.807) is 24.3 Å². The number of esters is 1. The highest BCUT2D eigenvalue weighted by Crippen LogP contribution is 2.13. The number of rotatable bonds is 8. The van der Waals surface area contributed by atoms with Gasteiger partial charge in [-0.25, -0.2) is 4.79 Å². The van der Waals surface area contributed by atoms with Crippen LogP contribution in [0.25, 0.3) is 0 Å². The third-order valence-corrected chi connectivity index (χ3v) is 4.66. The smallest absolute Gasteiger partial charge is 0.337 e. The summed E-state index contributed by atoms with van der Waals surface area (Å²) in [5, 5.41) is 5.64. The Bertz CT molecular complexity index is 921. The molecule has 0 aliphatic rings. The fraction of sp³-hybridized carbons (Fsp3) is 0.304. The lowest BCUT2D eigenvalue weighted by molar-refractivity contribution is 0.0600. The van der Waals surface area contributed by atoms with Crippen LogP contribution in [-0.4, -0.2) is 48.0 Å². The van der Waals surface area contributed by atoms with Gasteiger partial charge in [0.2, 0.25) is 0 Å². The van der Waals surface area contributed by atoms with E-state index < -0.39 is 11.9 Å². The summed E-state index contributed by atoms with van der Waals surface area (Å²) in [7, 11) is 1.29. The average molecular weight is 442 g/mol. The fourth-order valence-electron chi connectivity index (χ4n) is 2.95. The highest BCUT2D eigenvalue weighted by atomic mass is 32.1. The van der Waals surface area contributed by atoms with Gasteiger partial charge in [0.05, 0.1) is 12.7 Å². The van der Waals surface area contributed by atoms with Crippen molar-refractivity contribution in [2.45, 2.75) is 26.7 Å². The molecule has 0 saturated heterocycles. The summed E-state index contributed by atoms with van der Waals surface area (Å²) in [6.45, 7) is 5.55. The molecule has 0 unspecified atom stereocenters. The van der Waals surface area contributed by atoms with Crippen LogP contribution in [0.15, 0.2) is 48.5 Å². The molecule has 2 rings (SSSR count). The second-order valence-electron chi connectivity index (χ2n) is 6.85. The van der Waals surface area contributed by atoms with Gasteiger partial charge in [-0.15, -0.1) is 0 Å². The minimum atomic E-state index is -0.474. The molecule has 164 valence electrons. The first-order valence-corrected chi connectivity index (χ1v) is 10.5. The molecule has 2 amide bonds. The van der Waals surface area contributed by atoms with Crippen LogP contribution in [0, 0.1) is 0 Å². The second kappa shape index (κ2) is 11.8. The summed E-state index contributed by atoms with van der Waals surface area (Å²) in [4.78, 5) is 38.3. The molecule has 0 radical (unpaired) electrons. The van der Waals surface area contributed by atoms with Crippen molar-refractivity contribution in [3.8, 4) is 0 Å². The van der Waals surface area contributed by atoms with Crippen LogP contribution in [0.1, 0.15) is 57.8 Å². The Hall–Kier alpha value is -3.26. The number of carbonyl (C=O) groups is 3. The maximum Gasteiger partial charge on any atom is 0.337 e. The molecule has 0 aliphatic carbocycles. The fourth-order valence-corrected chi connectivity index (χ4v) is 3.16. The molecule has 7 nitrogen and oxygen atoms in total. The first kappa shape index (κ1) is 24.0. The van der Waals surface area contributed by atoms with Crippen molar-refractivity contribution in [2.24, 2.45) is 0 Å². The molecule has 0 heterocycles. The molecule has 0 aliphatic heterocycles. The number of thiocarbonyl (C=S) groups is 1. The van der Waals surface area contributed by atoms with E-state index in [1.165, 1.54) is 31.4 Å². The zero-order valence-electron chi connectivity index (χ0n) is 17.9. The predicted molar refractivity (Wildman–Crippen MR) is 124 cm³/mol. The van der Waals surface area contributed by atoms with E-state index in [4.69, 9.17) is 12.2 Å². The normalized spacial score (nSPS) is 10.2. The molecule has 8 heteroatoms. The number of benzene rings is 2. The van der Waals surface area contributed by atoms with Gasteiger partial charge in [-0.3, -0.25) is 14.9 Å². The number of nitrogens with one attached hydrogen (secondary N) is 2. The zero-order valence-corrected chi connectivity index (χ0v) is 18.8. The average Bonchev–Trinajstić information content (AvgIpc) is 2.78. The van der Waals surface area contributed by atoms with Gasteiger partial charge in [-0.2, -0.15) is 0 Å². The lowest BCUT2D eigenvalue weighted by atomic mass is 10.1. The van der Waals surface area contributed by atoms with Crippen LogP contribution in [0.3, 0.4) is 0 Å².